The van der Waals surface area contributed by atoms with E-state index in [1.165, 1.54) is 12.8 Å². The van der Waals surface area contributed by atoms with Gasteiger partial charge in [0.05, 0.1) is 13.2 Å². The van der Waals surface area contributed by atoms with Crippen molar-refractivity contribution in [1.82, 2.24) is 9.80 Å². The van der Waals surface area contributed by atoms with E-state index in [2.05, 4.69) is 6.92 Å². The molecule has 1 N–H and O–H groups in total. The molecule has 1 atom stereocenters. The van der Waals surface area contributed by atoms with Gasteiger partial charge in [-0.3, -0.25) is 0 Å². The lowest BCUT2D eigenvalue weighted by atomic mass is 9.93. The molecule has 0 spiro atoms. The van der Waals surface area contributed by atoms with E-state index in [-0.39, 0.29) is 12.6 Å². The number of likely N-dealkylation sites (tertiary alicyclic amines) is 1. The Hall–Kier alpha value is -1.30. The molecule has 2 saturated heterocycles. The molecule has 2 aliphatic heterocycles. The molecular weight excluding hydrogens is 260 g/mol. The lowest BCUT2D eigenvalue weighted by molar-refractivity contribution is -0.154. The summed E-state index contributed by atoms with van der Waals surface area (Å²) in [7, 11) is 0. The van der Waals surface area contributed by atoms with Crippen LogP contribution in [0, 0.1) is 5.92 Å². The lowest BCUT2D eigenvalue weighted by Gasteiger charge is -2.38. The number of nitrogens with zero attached hydrogens (tertiary/aromatic N) is 2. The van der Waals surface area contributed by atoms with E-state index in [1.54, 1.807) is 4.90 Å². The van der Waals surface area contributed by atoms with Crippen LogP contribution in [0.25, 0.3) is 0 Å². The van der Waals surface area contributed by atoms with Gasteiger partial charge in [0.2, 0.25) is 0 Å². The van der Waals surface area contributed by atoms with Crippen LogP contribution in [0.15, 0.2) is 0 Å². The van der Waals surface area contributed by atoms with Crippen LogP contribution in [0.3, 0.4) is 0 Å². The zero-order valence-corrected chi connectivity index (χ0v) is 12.1. The Morgan fingerprint density at radius 3 is 2.50 bits per heavy atom. The molecule has 2 rings (SSSR count). The number of morpholine rings is 1. The van der Waals surface area contributed by atoms with Gasteiger partial charge >= 0.3 is 12.0 Å². The van der Waals surface area contributed by atoms with Crippen molar-refractivity contribution in [2.45, 2.75) is 38.7 Å². The van der Waals surface area contributed by atoms with Gasteiger partial charge in [0, 0.05) is 19.6 Å². The van der Waals surface area contributed by atoms with Crippen LogP contribution < -0.4 is 0 Å². The summed E-state index contributed by atoms with van der Waals surface area (Å²) in [6, 6.07) is -0.0329. The number of piperidine rings is 1. The number of urea groups is 1. The summed E-state index contributed by atoms with van der Waals surface area (Å²) in [5, 5.41) is 8.97. The van der Waals surface area contributed by atoms with Crippen molar-refractivity contribution >= 4 is 12.0 Å². The lowest BCUT2D eigenvalue weighted by Crippen LogP contribution is -2.54. The minimum absolute atomic E-state index is 0.0329. The first-order valence-corrected chi connectivity index (χ1v) is 7.50. The third-order valence-electron chi connectivity index (χ3n) is 4.19. The predicted octanol–water partition coefficient (Wildman–Crippen LogP) is 1.40. The highest BCUT2D eigenvalue weighted by Gasteiger charge is 2.32. The van der Waals surface area contributed by atoms with E-state index in [0.717, 1.165) is 31.8 Å². The van der Waals surface area contributed by atoms with E-state index < -0.39 is 12.1 Å². The molecule has 0 bridgehead atoms. The van der Waals surface area contributed by atoms with Crippen LogP contribution in [0.2, 0.25) is 0 Å². The fraction of sp³-hybridized carbons (Fsp3) is 0.857. The maximum absolute atomic E-state index is 12.4. The van der Waals surface area contributed by atoms with Crippen molar-refractivity contribution in [3.05, 3.63) is 0 Å². The molecule has 1 unspecified atom stereocenters. The van der Waals surface area contributed by atoms with Gasteiger partial charge < -0.3 is 19.6 Å². The number of amides is 2. The second-order valence-electron chi connectivity index (χ2n) is 5.65. The number of rotatable bonds is 3. The van der Waals surface area contributed by atoms with E-state index >= 15 is 0 Å². The zero-order chi connectivity index (χ0) is 14.5. The Labute approximate surface area is 119 Å². The molecule has 2 fully saturated rings. The number of ether oxygens (including phenoxy) is 1. The number of carbonyl (C=O) groups is 2. The summed E-state index contributed by atoms with van der Waals surface area (Å²) < 4.78 is 5.14. The number of carboxylic acid groups (broad SMARTS) is 1. The molecule has 0 aromatic heterocycles. The second-order valence-corrected chi connectivity index (χ2v) is 5.65. The maximum atomic E-state index is 12.4. The summed E-state index contributed by atoms with van der Waals surface area (Å²) in [6.07, 6.45) is 3.67. The van der Waals surface area contributed by atoms with Crippen molar-refractivity contribution in [3.8, 4) is 0 Å². The Morgan fingerprint density at radius 1 is 1.20 bits per heavy atom. The van der Waals surface area contributed by atoms with Gasteiger partial charge in [0.15, 0.2) is 6.10 Å². The first-order chi connectivity index (χ1) is 9.61. The molecular formula is C14H24N2O4. The van der Waals surface area contributed by atoms with Gasteiger partial charge in [-0.15, -0.1) is 0 Å². The highest BCUT2D eigenvalue weighted by molar-refractivity contribution is 5.77. The fourth-order valence-electron chi connectivity index (χ4n) is 2.99. The highest BCUT2D eigenvalue weighted by atomic mass is 16.5. The quantitative estimate of drug-likeness (QED) is 0.850. The molecule has 20 heavy (non-hydrogen) atoms. The third-order valence-corrected chi connectivity index (χ3v) is 4.19. The number of hydrogen-bond donors (Lipinski definition) is 1. The van der Waals surface area contributed by atoms with Crippen LogP contribution in [-0.2, 0) is 9.53 Å². The molecule has 0 saturated carbocycles. The van der Waals surface area contributed by atoms with Gasteiger partial charge in [-0.05, 0) is 18.8 Å². The average molecular weight is 284 g/mol. The minimum atomic E-state index is -0.996. The standard InChI is InChI=1S/C14H24N2O4/c1-2-3-11-4-6-15(7-5-11)14(19)16-8-9-20-12(10-16)13(17)18/h11-12H,2-10H2,1H3,(H,17,18). The van der Waals surface area contributed by atoms with Crippen LogP contribution >= 0.6 is 0 Å². The Morgan fingerprint density at radius 2 is 1.90 bits per heavy atom. The molecule has 6 heteroatoms. The first-order valence-electron chi connectivity index (χ1n) is 7.50. The van der Waals surface area contributed by atoms with Gasteiger partial charge in [-0.25, -0.2) is 9.59 Å². The Kier molecular flexibility index (Phi) is 5.23. The smallest absolute Gasteiger partial charge is 0.334 e. The van der Waals surface area contributed by atoms with Gasteiger partial charge in [0.1, 0.15) is 0 Å². The van der Waals surface area contributed by atoms with Gasteiger partial charge in [-0.1, -0.05) is 19.8 Å². The topological polar surface area (TPSA) is 70.1 Å². The van der Waals surface area contributed by atoms with Crippen LogP contribution in [0.1, 0.15) is 32.6 Å². The summed E-state index contributed by atoms with van der Waals surface area (Å²) in [4.78, 5) is 26.8. The van der Waals surface area contributed by atoms with Crippen molar-refractivity contribution in [3.63, 3.8) is 0 Å². The molecule has 2 aliphatic rings. The van der Waals surface area contributed by atoms with Crippen molar-refractivity contribution in [2.24, 2.45) is 5.92 Å². The maximum Gasteiger partial charge on any atom is 0.334 e. The van der Waals surface area contributed by atoms with E-state index in [1.807, 2.05) is 4.90 Å². The summed E-state index contributed by atoms with van der Waals surface area (Å²) in [5.74, 6) is -0.260. The Balaban J connectivity index is 1.84. The largest absolute Gasteiger partial charge is 0.479 e. The summed E-state index contributed by atoms with van der Waals surface area (Å²) in [5.41, 5.74) is 0. The minimum Gasteiger partial charge on any atom is -0.479 e. The number of hydrogen-bond acceptors (Lipinski definition) is 3. The summed E-state index contributed by atoms with van der Waals surface area (Å²) >= 11 is 0. The van der Waals surface area contributed by atoms with Crippen LogP contribution in [0.5, 0.6) is 0 Å². The first kappa shape index (κ1) is 15.1. The number of carbonyl (C=O) groups excluding carboxylic acids is 1. The van der Waals surface area contributed by atoms with E-state index in [4.69, 9.17) is 9.84 Å². The average Bonchev–Trinajstić information content (AvgIpc) is 2.48. The van der Waals surface area contributed by atoms with Crippen molar-refractivity contribution in [2.75, 3.05) is 32.8 Å². The fourth-order valence-corrected chi connectivity index (χ4v) is 2.99. The normalized spacial score (nSPS) is 24.8. The van der Waals surface area contributed by atoms with Crippen molar-refractivity contribution in [1.29, 1.82) is 0 Å². The molecule has 2 amide bonds. The molecule has 0 radical (unpaired) electrons. The van der Waals surface area contributed by atoms with Crippen LogP contribution in [-0.4, -0.2) is 65.8 Å². The zero-order valence-electron chi connectivity index (χ0n) is 12.1. The van der Waals surface area contributed by atoms with Gasteiger partial charge in [-0.2, -0.15) is 0 Å². The predicted molar refractivity (Wildman–Crippen MR) is 73.5 cm³/mol. The third kappa shape index (κ3) is 3.62. The van der Waals surface area contributed by atoms with Crippen molar-refractivity contribution < 1.29 is 19.4 Å². The SMILES string of the molecule is CCCC1CCN(C(=O)N2CCOC(C(=O)O)C2)CC1. The molecule has 0 aromatic carbocycles. The molecule has 2 heterocycles. The van der Waals surface area contributed by atoms with Gasteiger partial charge in [0.25, 0.3) is 0 Å². The Bertz CT molecular complexity index is 353. The molecule has 6 nitrogen and oxygen atoms in total. The number of carboxylic acids is 1. The van der Waals surface area contributed by atoms with Crippen LogP contribution in [0.4, 0.5) is 4.79 Å². The second kappa shape index (κ2) is 6.92. The summed E-state index contributed by atoms with van der Waals surface area (Å²) in [6.45, 7) is 4.71. The molecule has 114 valence electrons. The van der Waals surface area contributed by atoms with E-state index in [0.29, 0.717) is 13.2 Å². The monoisotopic (exact) mass is 284 g/mol. The molecule has 0 aromatic rings. The number of aliphatic carboxylic acids is 1. The molecule has 0 aliphatic carbocycles. The highest BCUT2D eigenvalue weighted by Crippen LogP contribution is 2.22. The van der Waals surface area contributed by atoms with E-state index in [9.17, 15) is 9.59 Å².